The number of methoxy groups -OCH3 is 3. The predicted molar refractivity (Wildman–Crippen MR) is 141 cm³/mol. The molecule has 2 aromatic carbocycles. The average molecular weight is 551 g/mol. The summed E-state index contributed by atoms with van der Waals surface area (Å²) in [6, 6.07) is 9.20. The molecule has 0 saturated carbocycles. The lowest BCUT2D eigenvalue weighted by Gasteiger charge is -2.33. The number of benzene rings is 2. The quantitative estimate of drug-likeness (QED) is 0.270. The highest BCUT2D eigenvalue weighted by Crippen LogP contribution is 2.38. The first kappa shape index (κ1) is 27.5. The van der Waals surface area contributed by atoms with Crippen LogP contribution in [-0.2, 0) is 27.4 Å². The molecule has 37 heavy (non-hydrogen) atoms. The summed E-state index contributed by atoms with van der Waals surface area (Å²) in [6.45, 7) is 1.36. The largest absolute Gasteiger partial charge is 0.493 e. The normalized spacial score (nSPS) is 18.4. The van der Waals surface area contributed by atoms with Crippen LogP contribution in [0.25, 0.3) is 0 Å². The summed E-state index contributed by atoms with van der Waals surface area (Å²) in [5.41, 5.74) is 1.76. The van der Waals surface area contributed by atoms with Crippen LogP contribution in [0.15, 0.2) is 49.1 Å². The Hall–Kier alpha value is -2.49. The second-order valence-corrected chi connectivity index (χ2v) is 9.56. The molecule has 0 amide bonds. The predicted octanol–water partition coefficient (Wildman–Crippen LogP) is 6.09. The lowest BCUT2D eigenvalue weighted by molar-refractivity contribution is -0.227. The molecule has 1 saturated heterocycles. The highest BCUT2D eigenvalue weighted by Gasteiger charge is 2.28. The molecule has 3 atom stereocenters. The molecule has 200 valence electrons. The lowest BCUT2D eigenvalue weighted by atomic mass is 10.1. The van der Waals surface area contributed by atoms with Crippen LogP contribution in [0.5, 0.6) is 17.2 Å². The Labute approximate surface area is 227 Å². The molecule has 1 fully saturated rings. The number of halogens is 2. The van der Waals surface area contributed by atoms with Crippen LogP contribution < -0.4 is 14.2 Å². The summed E-state index contributed by atoms with van der Waals surface area (Å²) >= 11 is 12.6. The van der Waals surface area contributed by atoms with Crippen molar-refractivity contribution in [3.8, 4) is 17.2 Å². The van der Waals surface area contributed by atoms with Crippen molar-refractivity contribution >= 4 is 23.2 Å². The first-order valence-corrected chi connectivity index (χ1v) is 12.8. The Bertz CT molecular complexity index is 1120. The van der Waals surface area contributed by atoms with Crippen molar-refractivity contribution in [1.29, 1.82) is 0 Å². The fourth-order valence-electron chi connectivity index (χ4n) is 4.36. The minimum absolute atomic E-state index is 0.0876. The second kappa shape index (κ2) is 13.3. The van der Waals surface area contributed by atoms with Crippen LogP contribution in [0.1, 0.15) is 36.5 Å². The molecule has 10 heteroatoms. The maximum atomic E-state index is 6.52. The SMILES string of the molecule is COc1cc(COCC2CCCC(OC(Cn3ccnc3)c3ccc(Cl)cc3Cl)O2)cc(OC)c1OC. The first-order chi connectivity index (χ1) is 18.0. The molecule has 1 aliphatic rings. The van der Waals surface area contributed by atoms with E-state index in [-0.39, 0.29) is 18.5 Å². The number of hydrogen-bond donors (Lipinski definition) is 0. The second-order valence-electron chi connectivity index (χ2n) is 8.72. The van der Waals surface area contributed by atoms with Crippen molar-refractivity contribution in [2.24, 2.45) is 0 Å². The Kier molecular flexibility index (Phi) is 9.94. The van der Waals surface area contributed by atoms with Gasteiger partial charge in [0.2, 0.25) is 5.75 Å². The van der Waals surface area contributed by atoms with Crippen LogP contribution >= 0.6 is 23.2 Å². The zero-order valence-corrected chi connectivity index (χ0v) is 22.7. The number of rotatable bonds is 12. The fraction of sp³-hybridized carbons (Fsp3) is 0.444. The summed E-state index contributed by atoms with van der Waals surface area (Å²) in [5.74, 6) is 1.73. The van der Waals surface area contributed by atoms with Gasteiger partial charge in [0.05, 0.1) is 53.5 Å². The van der Waals surface area contributed by atoms with Crippen LogP contribution in [0.2, 0.25) is 10.0 Å². The number of ether oxygens (including phenoxy) is 6. The van der Waals surface area contributed by atoms with E-state index in [0.29, 0.717) is 47.1 Å². The van der Waals surface area contributed by atoms with Crippen LogP contribution in [-0.4, -0.2) is 49.9 Å². The summed E-state index contributed by atoms with van der Waals surface area (Å²) in [6.07, 6.45) is 7.22. The van der Waals surface area contributed by atoms with Gasteiger partial charge in [-0.2, -0.15) is 0 Å². The smallest absolute Gasteiger partial charge is 0.203 e. The third-order valence-corrected chi connectivity index (χ3v) is 6.73. The van der Waals surface area contributed by atoms with Crippen molar-refractivity contribution in [3.05, 3.63) is 70.2 Å². The number of hydrogen-bond acceptors (Lipinski definition) is 7. The Morgan fingerprint density at radius 3 is 2.49 bits per heavy atom. The van der Waals surface area contributed by atoms with E-state index in [0.717, 1.165) is 30.4 Å². The van der Waals surface area contributed by atoms with Gasteiger partial charge in [-0.3, -0.25) is 0 Å². The highest BCUT2D eigenvalue weighted by molar-refractivity contribution is 6.35. The van der Waals surface area contributed by atoms with Gasteiger partial charge in [0, 0.05) is 28.0 Å². The minimum atomic E-state index is -0.385. The van der Waals surface area contributed by atoms with E-state index in [9.17, 15) is 0 Å². The molecule has 8 nitrogen and oxygen atoms in total. The molecular weight excluding hydrogens is 519 g/mol. The van der Waals surface area contributed by atoms with Gasteiger partial charge < -0.3 is 33.0 Å². The Morgan fingerprint density at radius 2 is 1.84 bits per heavy atom. The van der Waals surface area contributed by atoms with Gasteiger partial charge >= 0.3 is 0 Å². The maximum Gasteiger partial charge on any atom is 0.203 e. The van der Waals surface area contributed by atoms with Crippen LogP contribution in [0.3, 0.4) is 0 Å². The van der Waals surface area contributed by atoms with E-state index >= 15 is 0 Å². The topological polar surface area (TPSA) is 73.2 Å². The van der Waals surface area contributed by atoms with Crippen molar-refractivity contribution in [1.82, 2.24) is 9.55 Å². The Balaban J connectivity index is 1.37. The van der Waals surface area contributed by atoms with Gasteiger partial charge in [-0.05, 0) is 49.1 Å². The summed E-state index contributed by atoms with van der Waals surface area (Å²) < 4.78 is 36.9. The molecule has 3 aromatic rings. The molecule has 0 N–H and O–H groups in total. The maximum absolute atomic E-state index is 6.52. The molecule has 2 heterocycles. The number of nitrogens with zero attached hydrogens (tertiary/aromatic N) is 2. The fourth-order valence-corrected chi connectivity index (χ4v) is 4.89. The Morgan fingerprint density at radius 1 is 1.05 bits per heavy atom. The van der Waals surface area contributed by atoms with Crippen molar-refractivity contribution in [2.45, 2.75) is 50.9 Å². The zero-order chi connectivity index (χ0) is 26.2. The third kappa shape index (κ3) is 7.30. The van der Waals surface area contributed by atoms with Crippen molar-refractivity contribution < 1.29 is 28.4 Å². The number of imidazole rings is 1. The zero-order valence-electron chi connectivity index (χ0n) is 21.2. The molecular formula is C27H32Cl2N2O6. The lowest BCUT2D eigenvalue weighted by Crippen LogP contribution is -2.34. The molecule has 0 bridgehead atoms. The standard InChI is InChI=1S/C27H32Cl2N2O6/c1-32-23-11-18(12-24(33-2)27(23)34-3)15-35-16-20-5-4-6-26(36-20)37-25(14-31-10-9-30-17-31)21-8-7-19(28)13-22(21)29/h7-13,17,20,25-26H,4-6,14-16H2,1-3H3. The van der Waals surface area contributed by atoms with Crippen molar-refractivity contribution in [2.75, 3.05) is 27.9 Å². The highest BCUT2D eigenvalue weighted by atomic mass is 35.5. The molecule has 0 spiro atoms. The van der Waals surface area contributed by atoms with Gasteiger partial charge in [0.15, 0.2) is 17.8 Å². The van der Waals surface area contributed by atoms with E-state index in [1.807, 2.05) is 35.0 Å². The van der Waals surface area contributed by atoms with E-state index < -0.39 is 0 Å². The van der Waals surface area contributed by atoms with Gasteiger partial charge in [-0.15, -0.1) is 0 Å². The summed E-state index contributed by atoms with van der Waals surface area (Å²) in [5, 5.41) is 1.13. The molecule has 3 unspecified atom stereocenters. The van der Waals surface area contributed by atoms with E-state index in [2.05, 4.69) is 4.98 Å². The molecule has 0 radical (unpaired) electrons. The first-order valence-electron chi connectivity index (χ1n) is 12.1. The van der Waals surface area contributed by atoms with E-state index in [1.165, 1.54) is 0 Å². The summed E-state index contributed by atoms with van der Waals surface area (Å²) in [7, 11) is 4.76. The van der Waals surface area contributed by atoms with E-state index in [4.69, 9.17) is 51.6 Å². The van der Waals surface area contributed by atoms with Gasteiger partial charge in [-0.1, -0.05) is 29.3 Å². The van der Waals surface area contributed by atoms with Crippen molar-refractivity contribution in [3.63, 3.8) is 0 Å². The molecule has 1 aliphatic heterocycles. The monoisotopic (exact) mass is 550 g/mol. The number of aromatic nitrogens is 2. The van der Waals surface area contributed by atoms with Gasteiger partial charge in [-0.25, -0.2) is 4.98 Å². The van der Waals surface area contributed by atoms with Crippen LogP contribution in [0, 0.1) is 0 Å². The molecule has 4 rings (SSSR count). The molecule has 0 aliphatic carbocycles. The van der Waals surface area contributed by atoms with Gasteiger partial charge in [0.25, 0.3) is 0 Å². The third-order valence-electron chi connectivity index (χ3n) is 6.17. The summed E-state index contributed by atoms with van der Waals surface area (Å²) in [4.78, 5) is 4.14. The van der Waals surface area contributed by atoms with E-state index in [1.54, 1.807) is 39.9 Å². The van der Waals surface area contributed by atoms with Gasteiger partial charge in [0.1, 0.15) is 6.10 Å². The minimum Gasteiger partial charge on any atom is -0.493 e. The average Bonchev–Trinajstić information content (AvgIpc) is 3.41. The van der Waals surface area contributed by atoms with Crippen LogP contribution in [0.4, 0.5) is 0 Å². The molecule has 1 aromatic heterocycles.